The molecule has 2 aliphatic rings. The molecule has 4 rings (SSSR count). The highest BCUT2D eigenvalue weighted by atomic mass is 16.3. The number of Topliss-reactive ketones (excluding diaryl/α,β-unsaturated/α-hetero) is 1. The van der Waals surface area contributed by atoms with Crippen LogP contribution < -0.4 is 15.5 Å². The van der Waals surface area contributed by atoms with Gasteiger partial charge < -0.3 is 20.0 Å². The van der Waals surface area contributed by atoms with Crippen LogP contribution >= 0.6 is 0 Å². The minimum Gasteiger partial charge on any atom is -0.468 e. The third-order valence-electron chi connectivity index (χ3n) is 5.14. The van der Waals surface area contributed by atoms with Gasteiger partial charge in [0.15, 0.2) is 5.78 Å². The Bertz CT molecular complexity index is 864. The topological polar surface area (TPSA) is 87.5 Å². The van der Waals surface area contributed by atoms with E-state index < -0.39 is 0 Å². The van der Waals surface area contributed by atoms with Crippen LogP contribution in [-0.2, 0) is 6.42 Å². The number of amides is 1. The molecule has 0 bridgehead atoms. The Morgan fingerprint density at radius 2 is 2.04 bits per heavy atom. The van der Waals surface area contributed by atoms with Gasteiger partial charge in [0.05, 0.1) is 23.0 Å². The van der Waals surface area contributed by atoms with Crippen LogP contribution in [0.4, 0.5) is 11.5 Å². The quantitative estimate of drug-likeness (QED) is 0.865. The molecular formula is C20H24N4O3. The van der Waals surface area contributed by atoms with Gasteiger partial charge in [-0.1, -0.05) is 13.8 Å². The van der Waals surface area contributed by atoms with Crippen LogP contribution in [-0.4, -0.2) is 42.9 Å². The van der Waals surface area contributed by atoms with Crippen molar-refractivity contribution in [2.75, 3.05) is 36.4 Å². The molecular weight excluding hydrogens is 344 g/mol. The maximum Gasteiger partial charge on any atom is 0.260 e. The number of nitrogens with zero attached hydrogens (tertiary/aromatic N) is 2. The molecule has 2 N–H and O–H groups in total. The molecule has 1 aliphatic carbocycles. The lowest BCUT2D eigenvalue weighted by Crippen LogP contribution is -2.43. The molecule has 27 heavy (non-hydrogen) atoms. The number of fused-ring (bicyclic) bond motifs is 1. The number of piperazine rings is 1. The van der Waals surface area contributed by atoms with Gasteiger partial charge in [0.1, 0.15) is 17.8 Å². The number of ketones is 1. The molecule has 0 saturated carbocycles. The maximum atomic E-state index is 12.7. The molecule has 2 aromatic heterocycles. The van der Waals surface area contributed by atoms with E-state index in [1.807, 2.05) is 19.9 Å². The van der Waals surface area contributed by atoms with Gasteiger partial charge in [-0.3, -0.25) is 9.59 Å². The number of hydrogen-bond donors (Lipinski definition) is 2. The van der Waals surface area contributed by atoms with Crippen LogP contribution in [0.5, 0.6) is 0 Å². The van der Waals surface area contributed by atoms with Crippen molar-refractivity contribution in [3.63, 3.8) is 0 Å². The van der Waals surface area contributed by atoms with E-state index in [0.717, 1.165) is 31.9 Å². The smallest absolute Gasteiger partial charge is 0.260 e. The lowest BCUT2D eigenvalue weighted by molar-refractivity contribution is 0.0895. The minimum absolute atomic E-state index is 0.0397. The first-order chi connectivity index (χ1) is 12.9. The summed E-state index contributed by atoms with van der Waals surface area (Å²) in [6, 6.07) is 3.74. The van der Waals surface area contributed by atoms with E-state index in [0.29, 0.717) is 35.5 Å². The van der Waals surface area contributed by atoms with Gasteiger partial charge in [-0.05, 0) is 17.5 Å². The second-order valence-electron chi connectivity index (χ2n) is 7.98. The molecule has 3 heterocycles. The number of nitrogens with one attached hydrogen (secondary N) is 2. The molecule has 0 spiro atoms. The van der Waals surface area contributed by atoms with Crippen molar-refractivity contribution < 1.29 is 14.0 Å². The fraction of sp³-hybridized carbons (Fsp3) is 0.450. The van der Waals surface area contributed by atoms with E-state index in [9.17, 15) is 9.59 Å². The third kappa shape index (κ3) is 3.60. The molecule has 7 heteroatoms. The van der Waals surface area contributed by atoms with Crippen molar-refractivity contribution in [2.45, 2.75) is 26.7 Å². The summed E-state index contributed by atoms with van der Waals surface area (Å²) in [5.74, 6) is 0.651. The first kappa shape index (κ1) is 17.7. The Labute approximate surface area is 158 Å². The average Bonchev–Trinajstić information content (AvgIpc) is 3.06. The fourth-order valence-corrected chi connectivity index (χ4v) is 3.77. The van der Waals surface area contributed by atoms with Gasteiger partial charge in [-0.15, -0.1) is 0 Å². The predicted molar refractivity (Wildman–Crippen MR) is 102 cm³/mol. The van der Waals surface area contributed by atoms with Crippen LogP contribution in [0, 0.1) is 5.41 Å². The summed E-state index contributed by atoms with van der Waals surface area (Å²) < 4.78 is 5.54. The van der Waals surface area contributed by atoms with Crippen molar-refractivity contribution in [1.82, 2.24) is 10.3 Å². The summed E-state index contributed by atoms with van der Waals surface area (Å²) in [6.07, 6.45) is 4.21. The van der Waals surface area contributed by atoms with Crippen LogP contribution in [0.25, 0.3) is 0 Å². The van der Waals surface area contributed by atoms with Gasteiger partial charge in [0, 0.05) is 39.0 Å². The highest BCUT2D eigenvalue weighted by molar-refractivity contribution is 6.13. The normalized spacial score (nSPS) is 18.9. The van der Waals surface area contributed by atoms with Crippen LogP contribution in [0.15, 0.2) is 29.0 Å². The van der Waals surface area contributed by atoms with E-state index in [1.54, 1.807) is 12.3 Å². The van der Waals surface area contributed by atoms with Gasteiger partial charge >= 0.3 is 0 Å². The highest BCUT2D eigenvalue weighted by Gasteiger charge is 2.36. The fourth-order valence-electron chi connectivity index (χ4n) is 3.77. The van der Waals surface area contributed by atoms with Crippen molar-refractivity contribution >= 4 is 23.2 Å². The Kier molecular flexibility index (Phi) is 4.47. The Hall–Kier alpha value is -2.67. The third-order valence-corrected chi connectivity index (χ3v) is 5.14. The van der Waals surface area contributed by atoms with Crippen LogP contribution in [0.1, 0.15) is 46.7 Å². The number of carbonyl (C=O) groups excluding carboxylic acids is 2. The lowest BCUT2D eigenvalue weighted by Gasteiger charge is -2.29. The van der Waals surface area contributed by atoms with E-state index in [2.05, 4.69) is 20.5 Å². The number of furan rings is 1. The van der Waals surface area contributed by atoms with E-state index in [-0.39, 0.29) is 17.1 Å². The van der Waals surface area contributed by atoms with Gasteiger partial charge in [-0.2, -0.15) is 0 Å². The maximum absolute atomic E-state index is 12.7. The van der Waals surface area contributed by atoms with Crippen molar-refractivity contribution in [3.8, 4) is 0 Å². The Morgan fingerprint density at radius 3 is 2.74 bits per heavy atom. The Morgan fingerprint density at radius 1 is 1.26 bits per heavy atom. The molecule has 0 aromatic carbocycles. The first-order valence-corrected chi connectivity index (χ1v) is 9.30. The van der Waals surface area contributed by atoms with Gasteiger partial charge in [-0.25, -0.2) is 4.98 Å². The highest BCUT2D eigenvalue weighted by Crippen LogP contribution is 2.37. The molecule has 142 valence electrons. The number of hydrogen-bond acceptors (Lipinski definition) is 6. The summed E-state index contributed by atoms with van der Waals surface area (Å²) in [4.78, 5) is 31.8. The standard InChI is InChI=1S/C20H24N4O3/c1-20(2)9-15(25)18-14(12-27-16(18)10-20)19(26)23-17-4-3-13(11-22-17)24-7-5-21-6-8-24/h3-4,11-12,21H,5-10H2,1-2H3,(H,22,23,26). The van der Waals surface area contributed by atoms with Crippen molar-refractivity contribution in [1.29, 1.82) is 0 Å². The zero-order valence-corrected chi connectivity index (χ0v) is 15.7. The summed E-state index contributed by atoms with van der Waals surface area (Å²) in [5, 5.41) is 6.09. The van der Waals surface area contributed by atoms with Crippen molar-refractivity contribution in [2.24, 2.45) is 5.41 Å². The summed E-state index contributed by atoms with van der Waals surface area (Å²) >= 11 is 0. The van der Waals surface area contributed by atoms with E-state index >= 15 is 0 Å². The number of anilines is 2. The summed E-state index contributed by atoms with van der Waals surface area (Å²) in [6.45, 7) is 7.84. The first-order valence-electron chi connectivity index (χ1n) is 9.30. The molecule has 0 radical (unpaired) electrons. The molecule has 1 fully saturated rings. The lowest BCUT2D eigenvalue weighted by atomic mass is 9.76. The zero-order valence-electron chi connectivity index (χ0n) is 15.7. The monoisotopic (exact) mass is 368 g/mol. The number of rotatable bonds is 3. The van der Waals surface area contributed by atoms with E-state index in [1.165, 1.54) is 6.26 Å². The molecule has 1 aliphatic heterocycles. The van der Waals surface area contributed by atoms with E-state index in [4.69, 9.17) is 4.42 Å². The predicted octanol–water partition coefficient (Wildman–Crippen LogP) is 2.49. The molecule has 0 unspecified atom stereocenters. The zero-order chi connectivity index (χ0) is 19.0. The second kappa shape index (κ2) is 6.81. The second-order valence-corrected chi connectivity index (χ2v) is 7.98. The molecule has 1 amide bonds. The van der Waals surface area contributed by atoms with Crippen LogP contribution in [0.2, 0.25) is 0 Å². The molecule has 7 nitrogen and oxygen atoms in total. The summed E-state index contributed by atoms with van der Waals surface area (Å²) in [5.41, 5.74) is 1.60. The number of pyridine rings is 1. The van der Waals surface area contributed by atoms with Crippen molar-refractivity contribution in [3.05, 3.63) is 41.5 Å². The molecule has 2 aromatic rings. The van der Waals surface area contributed by atoms with Crippen LogP contribution in [0.3, 0.4) is 0 Å². The SMILES string of the molecule is CC1(C)CC(=O)c2c(C(=O)Nc3ccc(N4CCNCC4)cn3)coc2C1. The largest absolute Gasteiger partial charge is 0.468 e. The van der Waals surface area contributed by atoms with Gasteiger partial charge in [0.25, 0.3) is 5.91 Å². The molecule has 0 atom stereocenters. The minimum atomic E-state index is -0.365. The summed E-state index contributed by atoms with van der Waals surface area (Å²) in [7, 11) is 0. The Balaban J connectivity index is 1.49. The molecule has 1 saturated heterocycles. The average molecular weight is 368 g/mol. The van der Waals surface area contributed by atoms with Gasteiger partial charge in [0.2, 0.25) is 0 Å². The number of aromatic nitrogens is 1. The number of carbonyl (C=O) groups is 2.